The maximum absolute atomic E-state index is 11.4. The highest BCUT2D eigenvalue weighted by atomic mass is 16.1. The monoisotopic (exact) mass is 263 g/mol. The molecule has 2 rings (SSSR count). The van der Waals surface area contributed by atoms with Crippen molar-refractivity contribution in [2.75, 3.05) is 45.2 Å². The molecule has 0 unspecified atom stereocenters. The predicted molar refractivity (Wildman–Crippen MR) is 80.9 cm³/mol. The Hall–Kier alpha value is -1.55. The van der Waals surface area contributed by atoms with Crippen molar-refractivity contribution in [2.45, 2.75) is 13.8 Å². The lowest BCUT2D eigenvalue weighted by atomic mass is 10.1. The van der Waals surface area contributed by atoms with Crippen molar-refractivity contribution in [3.8, 4) is 0 Å². The molecule has 4 heteroatoms. The van der Waals surface area contributed by atoms with Crippen LogP contribution in [-0.2, 0) is 0 Å². The van der Waals surface area contributed by atoms with Crippen LogP contribution in [0.15, 0.2) is 24.3 Å². The number of carbonyl (C=O) groups excluding carboxylic acids is 1. The lowest BCUT2D eigenvalue weighted by Crippen LogP contribution is -2.44. The normalized spacial score (nSPS) is 15.5. The van der Waals surface area contributed by atoms with Gasteiger partial charge in [0.15, 0.2) is 0 Å². The van der Waals surface area contributed by atoms with Gasteiger partial charge in [0.2, 0.25) is 0 Å². The molecule has 0 atom stereocenters. The van der Waals surface area contributed by atoms with Crippen molar-refractivity contribution < 1.29 is 4.79 Å². The van der Waals surface area contributed by atoms with E-state index in [2.05, 4.69) is 22.2 Å². The van der Waals surface area contributed by atoms with Crippen LogP contribution in [0.5, 0.6) is 0 Å². The van der Waals surface area contributed by atoms with Crippen molar-refractivity contribution in [1.29, 1.82) is 0 Å². The molecule has 0 aromatic heterocycles. The first-order valence-electron chi connectivity index (χ1n) is 6.96. The summed E-state index contributed by atoms with van der Waals surface area (Å²) in [4.78, 5) is 16.1. The minimum Gasteiger partial charge on any atom is -0.369 e. The largest absolute Gasteiger partial charge is 0.369 e. The van der Waals surface area contributed by atoms with E-state index in [0.717, 1.165) is 26.2 Å². The highest BCUT2D eigenvalue weighted by molar-refractivity contribution is 5.94. The Morgan fingerprint density at radius 2 is 1.58 bits per heavy atom. The summed E-state index contributed by atoms with van der Waals surface area (Å²) in [6.45, 7) is 8.29. The van der Waals surface area contributed by atoms with Crippen molar-refractivity contribution in [3.63, 3.8) is 0 Å². The van der Waals surface area contributed by atoms with E-state index in [1.807, 2.05) is 38.1 Å². The van der Waals surface area contributed by atoms with Crippen molar-refractivity contribution in [3.05, 3.63) is 29.8 Å². The number of hydrogen-bond donors (Lipinski definition) is 1. The third kappa shape index (κ3) is 4.24. The van der Waals surface area contributed by atoms with E-state index >= 15 is 0 Å². The molecule has 106 valence electrons. The second-order valence-electron chi connectivity index (χ2n) is 4.42. The van der Waals surface area contributed by atoms with Gasteiger partial charge in [0.25, 0.3) is 5.91 Å². The molecule has 4 nitrogen and oxygen atoms in total. The fourth-order valence-corrected chi connectivity index (χ4v) is 2.03. The second kappa shape index (κ2) is 7.79. The van der Waals surface area contributed by atoms with Gasteiger partial charge in [-0.1, -0.05) is 13.8 Å². The van der Waals surface area contributed by atoms with Gasteiger partial charge in [-0.2, -0.15) is 0 Å². The molecule has 1 saturated heterocycles. The molecule has 0 bridgehead atoms. The average Bonchev–Trinajstić information content (AvgIpc) is 2.49. The molecule has 1 aliphatic rings. The molecular weight excluding hydrogens is 238 g/mol. The molecule has 1 N–H and O–H groups in total. The number of benzene rings is 1. The summed E-state index contributed by atoms with van der Waals surface area (Å²) in [5.41, 5.74) is 1.91. The first-order valence-corrected chi connectivity index (χ1v) is 6.96. The van der Waals surface area contributed by atoms with Gasteiger partial charge in [-0.25, -0.2) is 0 Å². The molecule has 1 heterocycles. The van der Waals surface area contributed by atoms with Crippen LogP contribution in [0.25, 0.3) is 0 Å². The van der Waals surface area contributed by atoms with Crippen molar-refractivity contribution in [1.82, 2.24) is 10.2 Å². The number of amides is 1. The van der Waals surface area contributed by atoms with Crippen molar-refractivity contribution >= 4 is 11.6 Å². The first kappa shape index (κ1) is 15.5. The molecule has 0 aliphatic carbocycles. The number of nitrogens with one attached hydrogen (secondary N) is 1. The molecule has 0 saturated carbocycles. The summed E-state index contributed by atoms with van der Waals surface area (Å²) in [7, 11) is 3.79. The number of carbonyl (C=O) groups is 1. The standard InChI is InChI=1S/C13H19N3O.C2H6/c1-14-13(17)11-3-5-12(6-4-11)16-9-7-15(2)8-10-16;1-2/h3-6H,7-10H2,1-2H3,(H,14,17);1-2H3. The van der Waals surface area contributed by atoms with Crippen LogP contribution < -0.4 is 10.2 Å². The Balaban J connectivity index is 0.000000861. The van der Waals surface area contributed by atoms with E-state index in [9.17, 15) is 4.79 Å². The predicted octanol–water partition coefficient (Wildman–Crippen LogP) is 1.82. The Labute approximate surface area is 116 Å². The lowest BCUT2D eigenvalue weighted by Gasteiger charge is -2.34. The number of hydrogen-bond acceptors (Lipinski definition) is 3. The maximum Gasteiger partial charge on any atom is 0.251 e. The average molecular weight is 263 g/mol. The van der Waals surface area contributed by atoms with Gasteiger partial charge in [-0.05, 0) is 31.3 Å². The second-order valence-corrected chi connectivity index (χ2v) is 4.42. The summed E-state index contributed by atoms with van der Waals surface area (Å²) in [6, 6.07) is 7.81. The number of nitrogens with zero attached hydrogens (tertiary/aromatic N) is 2. The Morgan fingerprint density at radius 1 is 1.05 bits per heavy atom. The fraction of sp³-hybridized carbons (Fsp3) is 0.533. The Morgan fingerprint density at radius 3 is 2.05 bits per heavy atom. The molecule has 19 heavy (non-hydrogen) atoms. The van der Waals surface area contributed by atoms with E-state index in [1.54, 1.807) is 7.05 Å². The minimum atomic E-state index is -0.0325. The SMILES string of the molecule is CC.CNC(=O)c1ccc(N2CCN(C)CC2)cc1. The molecule has 0 spiro atoms. The van der Waals surface area contributed by atoms with Gasteiger partial charge in [0.05, 0.1) is 0 Å². The summed E-state index contributed by atoms with van der Waals surface area (Å²) in [6.07, 6.45) is 0. The number of rotatable bonds is 2. The molecule has 1 fully saturated rings. The first-order chi connectivity index (χ1) is 9.20. The third-order valence-corrected chi connectivity index (χ3v) is 3.22. The quantitative estimate of drug-likeness (QED) is 0.884. The summed E-state index contributed by atoms with van der Waals surface area (Å²) < 4.78 is 0. The summed E-state index contributed by atoms with van der Waals surface area (Å²) in [5.74, 6) is -0.0325. The number of piperazine rings is 1. The summed E-state index contributed by atoms with van der Waals surface area (Å²) in [5, 5.41) is 2.63. The van der Waals surface area contributed by atoms with Gasteiger partial charge in [-0.3, -0.25) is 4.79 Å². The van der Waals surface area contributed by atoms with E-state index in [-0.39, 0.29) is 5.91 Å². The maximum atomic E-state index is 11.4. The zero-order valence-electron chi connectivity index (χ0n) is 12.4. The lowest BCUT2D eigenvalue weighted by molar-refractivity contribution is 0.0963. The fourth-order valence-electron chi connectivity index (χ4n) is 2.03. The summed E-state index contributed by atoms with van der Waals surface area (Å²) >= 11 is 0. The van der Waals surface area contributed by atoms with Crippen LogP contribution in [-0.4, -0.2) is 51.1 Å². The molecule has 1 aromatic carbocycles. The molecule has 1 aliphatic heterocycles. The molecule has 1 aromatic rings. The Kier molecular flexibility index (Phi) is 6.36. The third-order valence-electron chi connectivity index (χ3n) is 3.22. The number of likely N-dealkylation sites (N-methyl/N-ethyl adjacent to an activating group) is 1. The highest BCUT2D eigenvalue weighted by Gasteiger charge is 2.14. The Bertz CT molecular complexity index is 381. The molecular formula is C15H25N3O. The van der Waals surface area contributed by atoms with Crippen LogP contribution in [0.2, 0.25) is 0 Å². The van der Waals surface area contributed by atoms with Gasteiger partial charge in [0.1, 0.15) is 0 Å². The van der Waals surface area contributed by atoms with Gasteiger partial charge >= 0.3 is 0 Å². The van der Waals surface area contributed by atoms with Gasteiger partial charge in [-0.15, -0.1) is 0 Å². The topological polar surface area (TPSA) is 35.6 Å². The minimum absolute atomic E-state index is 0.0325. The van der Waals surface area contributed by atoms with Crippen LogP contribution in [0.3, 0.4) is 0 Å². The van der Waals surface area contributed by atoms with E-state index in [0.29, 0.717) is 5.56 Å². The van der Waals surface area contributed by atoms with Crippen LogP contribution in [0, 0.1) is 0 Å². The highest BCUT2D eigenvalue weighted by Crippen LogP contribution is 2.16. The van der Waals surface area contributed by atoms with Crippen LogP contribution in [0.1, 0.15) is 24.2 Å². The van der Waals surface area contributed by atoms with E-state index in [4.69, 9.17) is 0 Å². The van der Waals surface area contributed by atoms with Crippen LogP contribution >= 0.6 is 0 Å². The smallest absolute Gasteiger partial charge is 0.251 e. The number of anilines is 1. The molecule has 0 radical (unpaired) electrons. The zero-order valence-corrected chi connectivity index (χ0v) is 12.4. The zero-order chi connectivity index (χ0) is 14.3. The van der Waals surface area contributed by atoms with Gasteiger partial charge in [0, 0.05) is 44.5 Å². The van der Waals surface area contributed by atoms with Crippen LogP contribution in [0.4, 0.5) is 5.69 Å². The molecule has 1 amide bonds. The van der Waals surface area contributed by atoms with Crippen molar-refractivity contribution in [2.24, 2.45) is 0 Å². The van der Waals surface area contributed by atoms with E-state index < -0.39 is 0 Å². The van der Waals surface area contributed by atoms with E-state index in [1.165, 1.54) is 5.69 Å². The van der Waals surface area contributed by atoms with Gasteiger partial charge < -0.3 is 15.1 Å².